The molecule has 0 radical (unpaired) electrons. The van der Waals surface area contributed by atoms with Crippen molar-refractivity contribution < 1.29 is 10.0 Å². The minimum Gasteiger partial charge on any atom is -0.396 e. The van der Waals surface area contributed by atoms with E-state index in [2.05, 4.69) is 22.5 Å². The van der Waals surface area contributed by atoms with Crippen LogP contribution in [0.15, 0.2) is 12.1 Å². The summed E-state index contributed by atoms with van der Waals surface area (Å²) in [4.78, 5) is 14.9. The zero-order valence-corrected chi connectivity index (χ0v) is 12.6. The molecule has 0 aliphatic heterocycles. The second-order valence-corrected chi connectivity index (χ2v) is 4.90. The monoisotopic (exact) mass is 296 g/mol. The predicted octanol–water partition coefficient (Wildman–Crippen LogP) is 2.63. The van der Waals surface area contributed by atoms with E-state index < -0.39 is 4.92 Å². The third-order valence-corrected chi connectivity index (χ3v) is 3.22. The number of nitrogens with one attached hydrogen (secondary N) is 2. The molecular formula is C14H24N4O3. The Labute approximate surface area is 124 Å². The van der Waals surface area contributed by atoms with Gasteiger partial charge in [0.15, 0.2) is 0 Å². The highest BCUT2D eigenvalue weighted by Gasteiger charge is 2.17. The van der Waals surface area contributed by atoms with Crippen LogP contribution in [0.5, 0.6) is 0 Å². The molecule has 0 saturated carbocycles. The molecule has 7 nitrogen and oxygen atoms in total. The van der Waals surface area contributed by atoms with E-state index >= 15 is 0 Å². The molecule has 0 aliphatic carbocycles. The van der Waals surface area contributed by atoms with Crippen molar-refractivity contribution in [1.29, 1.82) is 0 Å². The van der Waals surface area contributed by atoms with Crippen LogP contribution >= 0.6 is 0 Å². The number of nitrogens with zero attached hydrogens (tertiary/aromatic N) is 2. The number of hydrogen-bond donors (Lipinski definition) is 3. The number of nitro groups is 1. The highest BCUT2D eigenvalue weighted by molar-refractivity contribution is 5.60. The van der Waals surface area contributed by atoms with E-state index in [1.54, 1.807) is 6.07 Å². The van der Waals surface area contributed by atoms with Gasteiger partial charge in [-0.1, -0.05) is 13.3 Å². The van der Waals surface area contributed by atoms with Gasteiger partial charge in [0.1, 0.15) is 5.82 Å². The Morgan fingerprint density at radius 2 is 2.10 bits per heavy atom. The number of rotatable bonds is 10. The molecule has 3 N–H and O–H groups in total. The molecule has 1 rings (SSSR count). The van der Waals surface area contributed by atoms with Crippen molar-refractivity contribution in [3.05, 3.63) is 22.2 Å². The molecule has 0 amide bonds. The third-order valence-electron chi connectivity index (χ3n) is 3.22. The van der Waals surface area contributed by atoms with E-state index in [1.807, 2.05) is 6.92 Å². The minimum absolute atomic E-state index is 0.0316. The van der Waals surface area contributed by atoms with Crippen molar-refractivity contribution >= 4 is 17.3 Å². The molecule has 0 spiro atoms. The van der Waals surface area contributed by atoms with Gasteiger partial charge in [0.2, 0.25) is 5.82 Å². The van der Waals surface area contributed by atoms with Crippen LogP contribution in [-0.4, -0.2) is 34.7 Å². The molecule has 0 fully saturated rings. The van der Waals surface area contributed by atoms with Gasteiger partial charge >= 0.3 is 5.69 Å². The van der Waals surface area contributed by atoms with E-state index in [0.717, 1.165) is 12.8 Å². The lowest BCUT2D eigenvalue weighted by atomic mass is 10.0. The van der Waals surface area contributed by atoms with Gasteiger partial charge in [0.05, 0.1) is 4.92 Å². The van der Waals surface area contributed by atoms with Gasteiger partial charge in [-0.15, -0.1) is 0 Å². The molecule has 1 unspecified atom stereocenters. The Morgan fingerprint density at radius 3 is 2.67 bits per heavy atom. The summed E-state index contributed by atoms with van der Waals surface area (Å²) in [6.45, 7) is 5.41. The number of aromatic nitrogens is 1. The molecular weight excluding hydrogens is 272 g/mol. The van der Waals surface area contributed by atoms with Crippen LogP contribution < -0.4 is 10.6 Å². The lowest BCUT2D eigenvalue weighted by Gasteiger charge is -2.16. The topological polar surface area (TPSA) is 100 Å². The van der Waals surface area contributed by atoms with Crippen LogP contribution in [-0.2, 0) is 0 Å². The summed E-state index contributed by atoms with van der Waals surface area (Å²) in [5.41, 5.74) is -0.0316. The van der Waals surface area contributed by atoms with E-state index in [4.69, 9.17) is 5.11 Å². The van der Waals surface area contributed by atoms with Crippen molar-refractivity contribution in [2.75, 3.05) is 30.3 Å². The fraction of sp³-hybridized carbons (Fsp3) is 0.643. The highest BCUT2D eigenvalue weighted by atomic mass is 16.6. The van der Waals surface area contributed by atoms with Gasteiger partial charge in [0, 0.05) is 25.8 Å². The average Bonchev–Trinajstić information content (AvgIpc) is 2.45. The summed E-state index contributed by atoms with van der Waals surface area (Å²) >= 11 is 0. The molecule has 1 aromatic heterocycles. The number of hydrogen-bond acceptors (Lipinski definition) is 6. The maximum absolute atomic E-state index is 11.1. The molecule has 7 heteroatoms. The molecule has 0 bridgehead atoms. The first kappa shape index (κ1) is 17.2. The molecule has 0 aliphatic rings. The van der Waals surface area contributed by atoms with Crippen LogP contribution in [0.4, 0.5) is 17.3 Å². The number of aliphatic hydroxyl groups is 1. The van der Waals surface area contributed by atoms with Crippen LogP contribution in [0.3, 0.4) is 0 Å². The Kier molecular flexibility index (Phi) is 7.45. The molecule has 21 heavy (non-hydrogen) atoms. The van der Waals surface area contributed by atoms with Gasteiger partial charge in [-0.2, -0.15) is 0 Å². The van der Waals surface area contributed by atoms with Gasteiger partial charge in [-0.25, -0.2) is 4.98 Å². The largest absolute Gasteiger partial charge is 0.396 e. The number of aliphatic hydroxyl groups excluding tert-OH is 1. The summed E-state index contributed by atoms with van der Waals surface area (Å²) in [6, 6.07) is 3.05. The van der Waals surface area contributed by atoms with Crippen molar-refractivity contribution in [2.45, 2.75) is 33.1 Å². The predicted molar refractivity (Wildman–Crippen MR) is 83.6 cm³/mol. The minimum atomic E-state index is -0.439. The van der Waals surface area contributed by atoms with Gasteiger partial charge in [-0.05, 0) is 31.7 Å². The first-order chi connectivity index (χ1) is 10.1. The molecule has 118 valence electrons. The quantitative estimate of drug-likeness (QED) is 0.453. The lowest BCUT2D eigenvalue weighted by Crippen LogP contribution is -2.17. The summed E-state index contributed by atoms with van der Waals surface area (Å²) < 4.78 is 0. The Bertz CT molecular complexity index is 448. The molecule has 0 aromatic carbocycles. The second-order valence-electron chi connectivity index (χ2n) is 4.90. The summed E-state index contributed by atoms with van der Waals surface area (Å²) in [5.74, 6) is 1.17. The first-order valence-corrected chi connectivity index (χ1v) is 7.36. The SMILES string of the molecule is CCCC(CCO)CNc1nc(NCC)ccc1[N+](=O)[O-]. The molecule has 1 aromatic rings. The third kappa shape index (κ3) is 5.55. The Hall–Kier alpha value is -1.89. The van der Waals surface area contributed by atoms with Gasteiger partial charge in [-0.3, -0.25) is 10.1 Å². The van der Waals surface area contributed by atoms with Crippen molar-refractivity contribution in [1.82, 2.24) is 4.98 Å². The second kappa shape index (κ2) is 9.12. The zero-order chi connectivity index (χ0) is 15.7. The van der Waals surface area contributed by atoms with E-state index in [0.29, 0.717) is 25.3 Å². The molecule has 1 heterocycles. The van der Waals surface area contributed by atoms with E-state index in [1.165, 1.54) is 6.07 Å². The van der Waals surface area contributed by atoms with Crippen molar-refractivity contribution in [2.24, 2.45) is 5.92 Å². The highest BCUT2D eigenvalue weighted by Crippen LogP contribution is 2.24. The smallest absolute Gasteiger partial charge is 0.311 e. The molecule has 1 atom stereocenters. The Balaban J connectivity index is 2.82. The zero-order valence-electron chi connectivity index (χ0n) is 12.6. The number of pyridine rings is 1. The van der Waals surface area contributed by atoms with Gasteiger partial charge in [0.25, 0.3) is 0 Å². The van der Waals surface area contributed by atoms with Crippen molar-refractivity contribution in [3.8, 4) is 0 Å². The first-order valence-electron chi connectivity index (χ1n) is 7.36. The fourth-order valence-electron chi connectivity index (χ4n) is 2.19. The normalized spacial score (nSPS) is 12.0. The summed E-state index contributed by atoms with van der Waals surface area (Å²) in [7, 11) is 0. The van der Waals surface area contributed by atoms with Gasteiger partial charge < -0.3 is 15.7 Å². The maximum Gasteiger partial charge on any atom is 0.311 e. The van der Waals surface area contributed by atoms with Crippen LogP contribution in [0.2, 0.25) is 0 Å². The maximum atomic E-state index is 11.1. The summed E-state index contributed by atoms with van der Waals surface area (Å²) in [6.07, 6.45) is 2.66. The Morgan fingerprint density at radius 1 is 1.33 bits per heavy atom. The summed E-state index contributed by atoms with van der Waals surface area (Å²) in [5, 5.41) is 26.2. The van der Waals surface area contributed by atoms with E-state index in [9.17, 15) is 10.1 Å². The fourth-order valence-corrected chi connectivity index (χ4v) is 2.19. The average molecular weight is 296 g/mol. The van der Waals surface area contributed by atoms with Crippen molar-refractivity contribution in [3.63, 3.8) is 0 Å². The van der Waals surface area contributed by atoms with Crippen LogP contribution in [0, 0.1) is 16.0 Å². The molecule has 0 saturated heterocycles. The van der Waals surface area contributed by atoms with Crippen LogP contribution in [0.1, 0.15) is 33.1 Å². The van der Waals surface area contributed by atoms with E-state index in [-0.39, 0.29) is 24.0 Å². The number of anilines is 2. The lowest BCUT2D eigenvalue weighted by molar-refractivity contribution is -0.384. The van der Waals surface area contributed by atoms with Crippen LogP contribution in [0.25, 0.3) is 0 Å². The standard InChI is InChI=1S/C14H24N4O3/c1-3-5-11(8-9-19)10-16-14-12(18(20)21)6-7-13(17-14)15-4-2/h6-7,11,19H,3-5,8-10H2,1-2H3,(H2,15,16,17).